The molecule has 1 aliphatic rings. The Morgan fingerprint density at radius 1 is 0.636 bits per heavy atom. The van der Waals surface area contributed by atoms with Gasteiger partial charge in [0.25, 0.3) is 5.91 Å². The number of amides is 1. The van der Waals surface area contributed by atoms with Crippen LogP contribution in [0.1, 0.15) is 15.9 Å². The van der Waals surface area contributed by atoms with Gasteiger partial charge in [0.15, 0.2) is 0 Å². The van der Waals surface area contributed by atoms with Gasteiger partial charge in [0.2, 0.25) is 0 Å². The summed E-state index contributed by atoms with van der Waals surface area (Å²) in [6.45, 7) is 0. The number of nitrogens with zero attached hydrogens (tertiary/aromatic N) is 1. The van der Waals surface area contributed by atoms with E-state index in [1.807, 2.05) is 48.5 Å². The van der Waals surface area contributed by atoms with Crippen molar-refractivity contribution in [2.45, 2.75) is 0 Å². The summed E-state index contributed by atoms with van der Waals surface area (Å²) in [6.07, 6.45) is 1.69. The lowest BCUT2D eigenvalue weighted by atomic mass is 9.89. The molecule has 0 aliphatic carbocycles. The lowest BCUT2D eigenvalue weighted by Crippen LogP contribution is -1.97. The summed E-state index contributed by atoms with van der Waals surface area (Å²) < 4.78 is 0. The highest BCUT2D eigenvalue weighted by Crippen LogP contribution is 2.37. The Balaban J connectivity index is 2.05. The Bertz CT molecular complexity index is 880. The molecule has 2 nitrogen and oxygen atoms in total. The Labute approximate surface area is 128 Å². The van der Waals surface area contributed by atoms with Crippen LogP contribution < -0.4 is 0 Å². The van der Waals surface area contributed by atoms with Gasteiger partial charge in [0.05, 0.1) is 5.56 Å². The van der Waals surface area contributed by atoms with Crippen molar-refractivity contribution >= 4 is 12.1 Å². The second-order valence-corrected chi connectivity index (χ2v) is 5.24. The van der Waals surface area contributed by atoms with E-state index in [1.54, 1.807) is 6.21 Å². The highest BCUT2D eigenvalue weighted by Gasteiger charge is 2.22. The van der Waals surface area contributed by atoms with E-state index in [0.29, 0.717) is 5.56 Å². The van der Waals surface area contributed by atoms with Gasteiger partial charge >= 0.3 is 0 Å². The molecule has 22 heavy (non-hydrogen) atoms. The molecule has 0 atom stereocenters. The second-order valence-electron chi connectivity index (χ2n) is 5.24. The maximum atomic E-state index is 11.9. The van der Waals surface area contributed by atoms with Gasteiger partial charge in [0, 0.05) is 11.8 Å². The van der Waals surface area contributed by atoms with E-state index in [1.165, 1.54) is 0 Å². The van der Waals surface area contributed by atoms with Crippen molar-refractivity contribution in [1.82, 2.24) is 0 Å². The molecule has 0 fully saturated rings. The molecule has 3 aromatic rings. The van der Waals surface area contributed by atoms with E-state index >= 15 is 0 Å². The normalized spacial score (nSPS) is 12.5. The molecule has 2 heteroatoms. The first-order chi connectivity index (χ1) is 10.8. The Kier molecular flexibility index (Phi) is 2.94. The van der Waals surface area contributed by atoms with Crippen molar-refractivity contribution in [1.29, 1.82) is 0 Å². The molecule has 0 unspecified atom stereocenters. The first kappa shape index (κ1) is 12.7. The van der Waals surface area contributed by atoms with Crippen LogP contribution in [-0.2, 0) is 0 Å². The number of rotatable bonds is 2. The van der Waals surface area contributed by atoms with Gasteiger partial charge in [-0.15, -0.1) is 0 Å². The van der Waals surface area contributed by atoms with Crippen LogP contribution in [0.15, 0.2) is 77.8 Å². The number of hydrogen-bond donors (Lipinski definition) is 0. The van der Waals surface area contributed by atoms with E-state index < -0.39 is 0 Å². The maximum Gasteiger partial charge on any atom is 0.277 e. The van der Waals surface area contributed by atoms with Gasteiger partial charge < -0.3 is 0 Å². The van der Waals surface area contributed by atoms with E-state index in [2.05, 4.69) is 29.3 Å². The average Bonchev–Trinajstić information content (AvgIpc) is 2.97. The maximum absolute atomic E-state index is 11.9. The molecule has 0 radical (unpaired) electrons. The lowest BCUT2D eigenvalue weighted by Gasteiger charge is -2.14. The third-order valence-corrected chi connectivity index (χ3v) is 3.93. The van der Waals surface area contributed by atoms with Gasteiger partial charge in [-0.25, -0.2) is 4.99 Å². The van der Waals surface area contributed by atoms with Crippen molar-refractivity contribution in [2.75, 3.05) is 0 Å². The highest BCUT2D eigenvalue weighted by atomic mass is 16.1. The molecule has 4 rings (SSSR count). The van der Waals surface area contributed by atoms with Crippen LogP contribution in [0.2, 0.25) is 0 Å². The monoisotopic (exact) mass is 283 g/mol. The minimum Gasteiger partial charge on any atom is -0.267 e. The molecular weight excluding hydrogens is 270 g/mol. The summed E-state index contributed by atoms with van der Waals surface area (Å²) in [4.78, 5) is 15.9. The number of aliphatic imine (C=N–C) groups is 1. The zero-order chi connectivity index (χ0) is 14.9. The number of fused-ring (bicyclic) bond motifs is 1. The second kappa shape index (κ2) is 5.08. The SMILES string of the molecule is O=C1N=Cc2c1ccc(-c1ccccc1)c2-c1ccccc1. The molecule has 1 aliphatic heterocycles. The average molecular weight is 283 g/mol. The minimum atomic E-state index is -0.160. The molecule has 1 heterocycles. The van der Waals surface area contributed by atoms with Gasteiger partial charge in [-0.1, -0.05) is 66.7 Å². The molecule has 0 N–H and O–H groups in total. The van der Waals surface area contributed by atoms with Crippen molar-refractivity contribution in [3.05, 3.63) is 83.9 Å². The van der Waals surface area contributed by atoms with Gasteiger partial charge in [0.1, 0.15) is 0 Å². The molecule has 1 amide bonds. The number of carbonyl (C=O) groups excluding carboxylic acids is 1. The minimum absolute atomic E-state index is 0.160. The zero-order valence-corrected chi connectivity index (χ0v) is 11.9. The van der Waals surface area contributed by atoms with Crippen molar-refractivity contribution in [3.8, 4) is 22.3 Å². The quantitative estimate of drug-likeness (QED) is 0.676. The molecule has 0 bridgehead atoms. The van der Waals surface area contributed by atoms with E-state index in [4.69, 9.17) is 0 Å². The van der Waals surface area contributed by atoms with Gasteiger partial charge in [-0.3, -0.25) is 4.79 Å². The topological polar surface area (TPSA) is 29.4 Å². The number of benzene rings is 3. The summed E-state index contributed by atoms with van der Waals surface area (Å²) in [5, 5.41) is 0. The first-order valence-corrected chi connectivity index (χ1v) is 7.21. The summed E-state index contributed by atoms with van der Waals surface area (Å²) in [5.74, 6) is -0.160. The molecule has 104 valence electrons. The van der Waals surface area contributed by atoms with E-state index in [9.17, 15) is 4.79 Å². The van der Waals surface area contributed by atoms with Crippen LogP contribution in [-0.4, -0.2) is 12.1 Å². The van der Waals surface area contributed by atoms with Crippen molar-refractivity contribution < 1.29 is 4.79 Å². The van der Waals surface area contributed by atoms with Gasteiger partial charge in [-0.2, -0.15) is 0 Å². The van der Waals surface area contributed by atoms with Gasteiger partial charge in [-0.05, 0) is 28.3 Å². The van der Waals surface area contributed by atoms with E-state index in [-0.39, 0.29) is 5.91 Å². The smallest absolute Gasteiger partial charge is 0.267 e. The van der Waals surface area contributed by atoms with Crippen LogP contribution in [0.25, 0.3) is 22.3 Å². The third-order valence-electron chi connectivity index (χ3n) is 3.93. The van der Waals surface area contributed by atoms with Crippen LogP contribution in [0.5, 0.6) is 0 Å². The fourth-order valence-corrected chi connectivity index (χ4v) is 2.91. The Morgan fingerprint density at radius 3 is 1.91 bits per heavy atom. The zero-order valence-electron chi connectivity index (χ0n) is 11.9. The summed E-state index contributed by atoms with van der Waals surface area (Å²) in [6, 6.07) is 24.3. The van der Waals surface area contributed by atoms with E-state index in [0.717, 1.165) is 27.8 Å². The highest BCUT2D eigenvalue weighted by molar-refractivity contribution is 6.17. The predicted octanol–water partition coefficient (Wildman–Crippen LogP) is 4.59. The number of carbonyl (C=O) groups is 1. The predicted molar refractivity (Wildman–Crippen MR) is 89.2 cm³/mol. The van der Waals surface area contributed by atoms with Crippen LogP contribution >= 0.6 is 0 Å². The molecule has 3 aromatic carbocycles. The standard InChI is InChI=1S/C20H13NO/c22-20-17-12-11-16(14-7-3-1-4-8-14)19(18(17)13-21-20)15-9-5-2-6-10-15/h1-13H. The van der Waals surface area contributed by atoms with Crippen molar-refractivity contribution in [2.24, 2.45) is 4.99 Å². The summed E-state index contributed by atoms with van der Waals surface area (Å²) in [7, 11) is 0. The van der Waals surface area contributed by atoms with Crippen LogP contribution in [0.4, 0.5) is 0 Å². The van der Waals surface area contributed by atoms with Crippen LogP contribution in [0, 0.1) is 0 Å². The molecule has 0 aromatic heterocycles. The van der Waals surface area contributed by atoms with Crippen molar-refractivity contribution in [3.63, 3.8) is 0 Å². The molecular formula is C20H13NO. The fourth-order valence-electron chi connectivity index (χ4n) is 2.91. The fraction of sp³-hybridized carbons (Fsp3) is 0. The molecule has 0 spiro atoms. The van der Waals surface area contributed by atoms with Crippen LogP contribution in [0.3, 0.4) is 0 Å². The third kappa shape index (κ3) is 1.97. The Morgan fingerprint density at radius 2 is 1.23 bits per heavy atom. The summed E-state index contributed by atoms with van der Waals surface area (Å²) >= 11 is 0. The molecule has 0 saturated heterocycles. The lowest BCUT2D eigenvalue weighted by molar-refractivity contribution is 0.101. The Hall–Kier alpha value is -3.00. The largest absolute Gasteiger partial charge is 0.277 e. The molecule has 0 saturated carbocycles. The summed E-state index contributed by atoms with van der Waals surface area (Å²) in [5.41, 5.74) is 6.01. The number of hydrogen-bond acceptors (Lipinski definition) is 1. The first-order valence-electron chi connectivity index (χ1n) is 7.21.